The molecule has 0 amide bonds. The molecule has 17 heavy (non-hydrogen) atoms. The summed E-state index contributed by atoms with van der Waals surface area (Å²) in [7, 11) is 0. The summed E-state index contributed by atoms with van der Waals surface area (Å²) in [6.45, 7) is 0. The average Bonchev–Trinajstić information content (AvgIpc) is 2.30. The number of hydrogen-bond donors (Lipinski definition) is 2. The molecular formula is C12H9F3N2. The minimum absolute atomic E-state index is 0.0720. The lowest BCUT2D eigenvalue weighted by atomic mass is 10.2. The number of nitrogen functional groups attached to an aromatic ring is 1. The van der Waals surface area contributed by atoms with Gasteiger partial charge in [-0.15, -0.1) is 0 Å². The summed E-state index contributed by atoms with van der Waals surface area (Å²) < 4.78 is 38.8. The van der Waals surface area contributed by atoms with Crippen LogP contribution in [-0.2, 0) is 0 Å². The zero-order chi connectivity index (χ0) is 12.4. The zero-order valence-electron chi connectivity index (χ0n) is 8.68. The second kappa shape index (κ2) is 4.37. The fourth-order valence-electron chi connectivity index (χ4n) is 1.38. The van der Waals surface area contributed by atoms with Gasteiger partial charge in [-0.3, -0.25) is 0 Å². The first-order chi connectivity index (χ1) is 8.08. The van der Waals surface area contributed by atoms with Crippen LogP contribution in [0.2, 0.25) is 0 Å². The fraction of sp³-hybridized carbons (Fsp3) is 0. The van der Waals surface area contributed by atoms with Gasteiger partial charge < -0.3 is 11.1 Å². The van der Waals surface area contributed by atoms with E-state index in [9.17, 15) is 13.2 Å². The van der Waals surface area contributed by atoms with Crippen molar-refractivity contribution in [3.8, 4) is 0 Å². The van der Waals surface area contributed by atoms with Crippen molar-refractivity contribution in [2.45, 2.75) is 0 Å². The molecule has 0 aliphatic carbocycles. The van der Waals surface area contributed by atoms with Crippen molar-refractivity contribution in [3.63, 3.8) is 0 Å². The summed E-state index contributed by atoms with van der Waals surface area (Å²) in [5.41, 5.74) is 6.02. The van der Waals surface area contributed by atoms with Crippen molar-refractivity contribution < 1.29 is 13.2 Å². The van der Waals surface area contributed by atoms with Gasteiger partial charge >= 0.3 is 0 Å². The number of nitrogens with two attached hydrogens (primary N) is 1. The van der Waals surface area contributed by atoms with Crippen LogP contribution in [-0.4, -0.2) is 0 Å². The highest BCUT2D eigenvalue weighted by Gasteiger charge is 2.06. The number of nitrogens with one attached hydrogen (secondary N) is 1. The van der Waals surface area contributed by atoms with Crippen molar-refractivity contribution >= 4 is 17.1 Å². The molecule has 88 valence electrons. The van der Waals surface area contributed by atoms with Crippen LogP contribution in [0.3, 0.4) is 0 Å². The Morgan fingerprint density at radius 1 is 0.882 bits per heavy atom. The van der Waals surface area contributed by atoms with Crippen molar-refractivity contribution in [1.82, 2.24) is 0 Å². The standard InChI is InChI=1S/C12H9F3N2/c13-8-5-4-7(6-10(8)15)17-11-3-1-2-9(14)12(11)16/h1-6,17H,16H2. The predicted molar refractivity (Wildman–Crippen MR) is 60.5 cm³/mol. The molecule has 5 heteroatoms. The Balaban J connectivity index is 2.31. The molecule has 0 aliphatic heterocycles. The van der Waals surface area contributed by atoms with E-state index in [0.29, 0.717) is 11.4 Å². The first-order valence-electron chi connectivity index (χ1n) is 4.84. The van der Waals surface area contributed by atoms with Gasteiger partial charge in [0, 0.05) is 11.8 Å². The van der Waals surface area contributed by atoms with E-state index in [1.807, 2.05) is 0 Å². The summed E-state index contributed by atoms with van der Waals surface area (Å²) in [5, 5.41) is 2.71. The van der Waals surface area contributed by atoms with Crippen LogP contribution in [0.15, 0.2) is 36.4 Å². The molecule has 0 unspecified atom stereocenters. The lowest BCUT2D eigenvalue weighted by Crippen LogP contribution is -1.99. The number of rotatable bonds is 2. The number of anilines is 3. The fourth-order valence-corrected chi connectivity index (χ4v) is 1.38. The quantitative estimate of drug-likeness (QED) is 0.786. The van der Waals surface area contributed by atoms with Crippen LogP contribution in [0.1, 0.15) is 0 Å². The van der Waals surface area contributed by atoms with Crippen LogP contribution < -0.4 is 11.1 Å². The summed E-state index contributed by atoms with van der Waals surface area (Å²) in [6.07, 6.45) is 0. The molecular weight excluding hydrogens is 229 g/mol. The van der Waals surface area contributed by atoms with E-state index in [1.54, 1.807) is 6.07 Å². The highest BCUT2D eigenvalue weighted by atomic mass is 19.2. The van der Waals surface area contributed by atoms with E-state index in [2.05, 4.69) is 5.32 Å². The molecule has 0 aromatic heterocycles. The molecule has 0 aliphatic rings. The summed E-state index contributed by atoms with van der Waals surface area (Å²) in [4.78, 5) is 0. The van der Waals surface area contributed by atoms with Crippen LogP contribution in [0, 0.1) is 17.5 Å². The molecule has 0 atom stereocenters. The molecule has 0 saturated heterocycles. The molecule has 0 bridgehead atoms. The number of hydrogen-bond acceptors (Lipinski definition) is 2. The van der Waals surface area contributed by atoms with Gasteiger partial charge in [-0.2, -0.15) is 0 Å². The summed E-state index contributed by atoms with van der Waals surface area (Å²) in [6, 6.07) is 7.51. The van der Waals surface area contributed by atoms with Crippen molar-refractivity contribution in [3.05, 3.63) is 53.8 Å². The summed E-state index contributed by atoms with van der Waals surface area (Å²) >= 11 is 0. The van der Waals surface area contributed by atoms with E-state index < -0.39 is 17.5 Å². The zero-order valence-corrected chi connectivity index (χ0v) is 8.68. The maximum absolute atomic E-state index is 13.1. The van der Waals surface area contributed by atoms with Gasteiger partial charge in [0.15, 0.2) is 11.6 Å². The molecule has 2 aromatic carbocycles. The van der Waals surface area contributed by atoms with E-state index in [1.165, 1.54) is 18.2 Å². The smallest absolute Gasteiger partial charge is 0.160 e. The van der Waals surface area contributed by atoms with E-state index in [4.69, 9.17) is 5.73 Å². The van der Waals surface area contributed by atoms with Crippen LogP contribution in [0.25, 0.3) is 0 Å². The predicted octanol–water partition coefficient (Wildman–Crippen LogP) is 3.43. The first-order valence-corrected chi connectivity index (χ1v) is 4.84. The molecule has 0 radical (unpaired) electrons. The average molecular weight is 238 g/mol. The van der Waals surface area contributed by atoms with Crippen molar-refractivity contribution in [2.75, 3.05) is 11.1 Å². The molecule has 2 nitrogen and oxygen atoms in total. The summed E-state index contributed by atoms with van der Waals surface area (Å²) in [5.74, 6) is -2.50. The second-order valence-corrected chi connectivity index (χ2v) is 3.45. The van der Waals surface area contributed by atoms with E-state index in [0.717, 1.165) is 12.1 Å². The number of benzene rings is 2. The molecule has 3 N–H and O–H groups in total. The van der Waals surface area contributed by atoms with Gasteiger partial charge in [0.1, 0.15) is 5.82 Å². The third-order valence-corrected chi connectivity index (χ3v) is 2.25. The van der Waals surface area contributed by atoms with Gasteiger partial charge in [-0.1, -0.05) is 6.07 Å². The Bertz CT molecular complexity index is 555. The van der Waals surface area contributed by atoms with Gasteiger partial charge in [0.2, 0.25) is 0 Å². The molecule has 0 saturated carbocycles. The Morgan fingerprint density at radius 3 is 2.35 bits per heavy atom. The van der Waals surface area contributed by atoms with Gasteiger partial charge in [-0.05, 0) is 24.3 Å². The lowest BCUT2D eigenvalue weighted by molar-refractivity contribution is 0.509. The van der Waals surface area contributed by atoms with Gasteiger partial charge in [-0.25, -0.2) is 13.2 Å². The minimum Gasteiger partial charge on any atom is -0.395 e. The van der Waals surface area contributed by atoms with Crippen molar-refractivity contribution in [1.29, 1.82) is 0 Å². The molecule has 0 heterocycles. The van der Waals surface area contributed by atoms with Gasteiger partial charge in [0.05, 0.1) is 11.4 Å². The van der Waals surface area contributed by atoms with Crippen LogP contribution in [0.5, 0.6) is 0 Å². The van der Waals surface area contributed by atoms with Crippen molar-refractivity contribution in [2.24, 2.45) is 0 Å². The number of para-hydroxylation sites is 1. The Labute approximate surface area is 95.9 Å². The molecule has 0 fully saturated rings. The number of halogens is 3. The Kier molecular flexibility index (Phi) is 2.91. The SMILES string of the molecule is Nc1c(F)cccc1Nc1ccc(F)c(F)c1. The monoisotopic (exact) mass is 238 g/mol. The topological polar surface area (TPSA) is 38.0 Å². The Morgan fingerprint density at radius 2 is 1.65 bits per heavy atom. The van der Waals surface area contributed by atoms with Gasteiger partial charge in [0.25, 0.3) is 0 Å². The van der Waals surface area contributed by atoms with E-state index in [-0.39, 0.29) is 5.69 Å². The Hall–Kier alpha value is -2.17. The maximum Gasteiger partial charge on any atom is 0.160 e. The third kappa shape index (κ3) is 2.33. The molecule has 2 rings (SSSR count). The molecule has 0 spiro atoms. The third-order valence-electron chi connectivity index (χ3n) is 2.25. The largest absolute Gasteiger partial charge is 0.395 e. The lowest BCUT2D eigenvalue weighted by Gasteiger charge is -2.09. The normalized spacial score (nSPS) is 10.3. The first kappa shape index (κ1) is 11.3. The highest BCUT2D eigenvalue weighted by molar-refractivity contribution is 5.72. The molecule has 2 aromatic rings. The second-order valence-electron chi connectivity index (χ2n) is 3.45. The van der Waals surface area contributed by atoms with Crippen LogP contribution in [0.4, 0.5) is 30.2 Å². The van der Waals surface area contributed by atoms with E-state index >= 15 is 0 Å². The highest BCUT2D eigenvalue weighted by Crippen LogP contribution is 2.25. The van der Waals surface area contributed by atoms with Crippen LogP contribution >= 0.6 is 0 Å². The maximum atomic E-state index is 13.1. The minimum atomic E-state index is -0.982.